The van der Waals surface area contributed by atoms with Crippen molar-refractivity contribution in [2.45, 2.75) is 51.0 Å². The minimum Gasteiger partial charge on any atom is -0.443 e. The molecule has 0 atom stereocenters. The van der Waals surface area contributed by atoms with Gasteiger partial charge in [-0.3, -0.25) is 4.99 Å². The Morgan fingerprint density at radius 2 is 1.89 bits per heavy atom. The van der Waals surface area contributed by atoms with Gasteiger partial charge in [-0.15, -0.1) is 24.0 Å². The lowest BCUT2D eigenvalue weighted by Crippen LogP contribution is -2.40. The van der Waals surface area contributed by atoms with Gasteiger partial charge < -0.3 is 15.1 Å². The van der Waals surface area contributed by atoms with E-state index in [2.05, 4.69) is 53.5 Å². The number of aliphatic imine (C=N–C) groups is 1. The molecule has 2 N–H and O–H groups in total. The van der Waals surface area contributed by atoms with Crippen molar-refractivity contribution in [3.8, 4) is 0 Å². The summed E-state index contributed by atoms with van der Waals surface area (Å²) in [6.07, 6.45) is 4.15. The lowest BCUT2D eigenvalue weighted by molar-refractivity contribution is 0.379. The van der Waals surface area contributed by atoms with Gasteiger partial charge in [-0.1, -0.05) is 44.5 Å². The maximum Gasteiger partial charge on any atom is 0.213 e. The molecule has 1 aliphatic carbocycles. The van der Waals surface area contributed by atoms with Crippen LogP contribution in [-0.4, -0.2) is 24.5 Å². The molecule has 1 fully saturated rings. The number of nitrogens with zero attached hydrogens (tertiary/aromatic N) is 2. The van der Waals surface area contributed by atoms with Crippen molar-refractivity contribution in [2.24, 2.45) is 4.99 Å². The van der Waals surface area contributed by atoms with Crippen LogP contribution in [0.2, 0.25) is 5.02 Å². The van der Waals surface area contributed by atoms with Crippen molar-refractivity contribution in [1.82, 2.24) is 15.6 Å². The summed E-state index contributed by atoms with van der Waals surface area (Å²) in [5.41, 5.74) is 1.47. The molecule has 0 spiro atoms. The van der Waals surface area contributed by atoms with E-state index in [1.165, 1.54) is 18.4 Å². The molecule has 27 heavy (non-hydrogen) atoms. The topological polar surface area (TPSA) is 62.5 Å². The predicted molar refractivity (Wildman–Crippen MR) is 121 cm³/mol. The molecule has 2 aromatic rings. The number of oxazole rings is 1. The average molecular weight is 503 g/mol. The molecule has 0 bridgehead atoms. The molecule has 7 heteroatoms. The normalized spacial score (nSPS) is 15.8. The molecule has 0 amide bonds. The van der Waals surface area contributed by atoms with E-state index in [4.69, 9.17) is 16.0 Å². The van der Waals surface area contributed by atoms with Crippen LogP contribution in [0.25, 0.3) is 0 Å². The summed E-state index contributed by atoms with van der Waals surface area (Å²) in [5, 5.41) is 7.48. The van der Waals surface area contributed by atoms with Gasteiger partial charge in [-0.25, -0.2) is 4.98 Å². The highest BCUT2D eigenvalue weighted by atomic mass is 127. The van der Waals surface area contributed by atoms with E-state index in [1.54, 1.807) is 13.2 Å². The van der Waals surface area contributed by atoms with E-state index < -0.39 is 0 Å². The van der Waals surface area contributed by atoms with Crippen LogP contribution >= 0.6 is 35.6 Å². The van der Waals surface area contributed by atoms with Gasteiger partial charge in [0, 0.05) is 29.4 Å². The Balaban J connectivity index is 0.00000261. The Kier molecular flexibility index (Phi) is 7.19. The van der Waals surface area contributed by atoms with Gasteiger partial charge >= 0.3 is 0 Å². The lowest BCUT2D eigenvalue weighted by atomic mass is 9.94. The Morgan fingerprint density at radius 1 is 1.22 bits per heavy atom. The maximum absolute atomic E-state index is 6.00. The summed E-state index contributed by atoms with van der Waals surface area (Å²) in [5.74, 6) is 2.30. The molecule has 3 rings (SSSR count). The first-order chi connectivity index (χ1) is 12.3. The number of halogens is 2. The Labute approximate surface area is 183 Å². The summed E-state index contributed by atoms with van der Waals surface area (Å²) < 4.78 is 5.81. The summed E-state index contributed by atoms with van der Waals surface area (Å²) in [6.45, 7) is 7.67. The summed E-state index contributed by atoms with van der Waals surface area (Å²) in [7, 11) is 1.77. The molecular weight excluding hydrogens is 475 g/mol. The van der Waals surface area contributed by atoms with Gasteiger partial charge in [-0.05, 0) is 30.5 Å². The number of benzene rings is 1. The standard InChI is InChI=1S/C20H27ClN4O.HI/c1-19(2,3)16-11-23-17(26-16)12-24-18(22-4)25-13-20(9-10-20)14-5-7-15(21)8-6-14;/h5-8,11H,9-10,12-13H2,1-4H3,(H2,22,24,25);1H. The number of hydrogen-bond donors (Lipinski definition) is 2. The smallest absolute Gasteiger partial charge is 0.213 e. The zero-order chi connectivity index (χ0) is 18.8. The van der Waals surface area contributed by atoms with Crippen molar-refractivity contribution in [1.29, 1.82) is 0 Å². The van der Waals surface area contributed by atoms with Crippen LogP contribution in [0.4, 0.5) is 0 Å². The SMILES string of the molecule is CN=C(NCc1ncc(C(C)(C)C)o1)NCC1(c2ccc(Cl)cc2)CC1.I. The van der Waals surface area contributed by atoms with Crippen molar-refractivity contribution >= 4 is 41.5 Å². The highest BCUT2D eigenvalue weighted by Gasteiger charge is 2.44. The van der Waals surface area contributed by atoms with E-state index >= 15 is 0 Å². The minimum atomic E-state index is -0.0396. The van der Waals surface area contributed by atoms with Crippen LogP contribution < -0.4 is 10.6 Å². The third-order valence-corrected chi connectivity index (χ3v) is 5.08. The summed E-state index contributed by atoms with van der Waals surface area (Å²) in [4.78, 5) is 8.64. The van der Waals surface area contributed by atoms with Crippen LogP contribution in [0.1, 0.15) is 50.8 Å². The van der Waals surface area contributed by atoms with Gasteiger partial charge in [-0.2, -0.15) is 0 Å². The van der Waals surface area contributed by atoms with Crippen molar-refractivity contribution in [2.75, 3.05) is 13.6 Å². The van der Waals surface area contributed by atoms with Crippen molar-refractivity contribution < 1.29 is 4.42 Å². The highest BCUT2D eigenvalue weighted by molar-refractivity contribution is 14.0. The Hall–Kier alpha value is -1.28. The van der Waals surface area contributed by atoms with E-state index in [9.17, 15) is 0 Å². The molecule has 0 aliphatic heterocycles. The van der Waals surface area contributed by atoms with E-state index in [0.717, 1.165) is 23.3 Å². The fourth-order valence-electron chi connectivity index (χ4n) is 2.89. The van der Waals surface area contributed by atoms with Crippen molar-refractivity contribution in [3.63, 3.8) is 0 Å². The second-order valence-corrected chi connectivity index (χ2v) is 8.37. The number of guanidine groups is 1. The Bertz CT molecular complexity index is 776. The molecule has 0 saturated heterocycles. The van der Waals surface area contributed by atoms with Crippen LogP contribution in [-0.2, 0) is 17.4 Å². The fraction of sp³-hybridized carbons (Fsp3) is 0.500. The number of nitrogens with one attached hydrogen (secondary N) is 2. The maximum atomic E-state index is 6.00. The molecule has 148 valence electrons. The monoisotopic (exact) mass is 502 g/mol. The molecule has 1 aliphatic rings. The molecule has 0 radical (unpaired) electrons. The number of hydrogen-bond acceptors (Lipinski definition) is 3. The zero-order valence-electron chi connectivity index (χ0n) is 16.3. The third-order valence-electron chi connectivity index (χ3n) is 4.83. The number of rotatable bonds is 5. The molecule has 1 aromatic heterocycles. The van der Waals surface area contributed by atoms with Crippen LogP contribution in [0.15, 0.2) is 39.9 Å². The summed E-state index contributed by atoms with van der Waals surface area (Å²) >= 11 is 6.00. The highest BCUT2D eigenvalue weighted by Crippen LogP contribution is 2.47. The average Bonchev–Trinajstić information content (AvgIpc) is 3.22. The largest absolute Gasteiger partial charge is 0.443 e. The van der Waals surface area contributed by atoms with E-state index in [-0.39, 0.29) is 34.8 Å². The third kappa shape index (κ3) is 5.60. The first kappa shape index (κ1) is 22.0. The first-order valence-corrected chi connectivity index (χ1v) is 9.36. The molecule has 1 heterocycles. The van der Waals surface area contributed by atoms with Crippen LogP contribution in [0.3, 0.4) is 0 Å². The fourth-order valence-corrected chi connectivity index (χ4v) is 3.02. The van der Waals surface area contributed by atoms with Crippen LogP contribution in [0.5, 0.6) is 0 Å². The predicted octanol–water partition coefficient (Wildman–Crippen LogP) is 4.64. The van der Waals surface area contributed by atoms with Crippen LogP contribution in [0, 0.1) is 0 Å². The van der Waals surface area contributed by atoms with E-state index in [0.29, 0.717) is 12.4 Å². The molecule has 1 aromatic carbocycles. The zero-order valence-corrected chi connectivity index (χ0v) is 19.4. The quantitative estimate of drug-likeness (QED) is 0.355. The van der Waals surface area contributed by atoms with Gasteiger partial charge in [0.15, 0.2) is 5.96 Å². The second-order valence-electron chi connectivity index (χ2n) is 7.93. The number of aromatic nitrogens is 1. The van der Waals surface area contributed by atoms with Gasteiger partial charge in [0.25, 0.3) is 0 Å². The van der Waals surface area contributed by atoms with Crippen molar-refractivity contribution in [3.05, 3.63) is 52.7 Å². The molecule has 0 unspecified atom stereocenters. The summed E-state index contributed by atoms with van der Waals surface area (Å²) in [6, 6.07) is 8.15. The second kappa shape index (κ2) is 8.82. The Morgan fingerprint density at radius 3 is 2.41 bits per heavy atom. The van der Waals surface area contributed by atoms with Gasteiger partial charge in [0.1, 0.15) is 5.76 Å². The molecule has 5 nitrogen and oxygen atoms in total. The van der Waals surface area contributed by atoms with E-state index in [1.807, 2.05) is 12.1 Å². The lowest BCUT2D eigenvalue weighted by Gasteiger charge is -2.19. The first-order valence-electron chi connectivity index (χ1n) is 8.98. The van der Waals surface area contributed by atoms with Gasteiger partial charge in [0.2, 0.25) is 5.89 Å². The van der Waals surface area contributed by atoms with Gasteiger partial charge in [0.05, 0.1) is 12.7 Å². The molecular formula is C20H28ClIN4O. The molecule has 1 saturated carbocycles. The minimum absolute atomic E-state index is 0.